The first kappa shape index (κ1) is 19.0. The van der Waals surface area contributed by atoms with E-state index < -0.39 is 0 Å². The van der Waals surface area contributed by atoms with Crippen LogP contribution >= 0.6 is 0 Å². The molecule has 0 atom stereocenters. The zero-order valence-electron chi connectivity index (χ0n) is 16.1. The Bertz CT molecular complexity index is 839. The van der Waals surface area contributed by atoms with Crippen molar-refractivity contribution in [1.29, 1.82) is 0 Å². The second-order valence-corrected chi connectivity index (χ2v) is 7.78. The van der Waals surface area contributed by atoms with E-state index in [4.69, 9.17) is 4.74 Å². The lowest BCUT2D eigenvalue weighted by molar-refractivity contribution is -0.118. The van der Waals surface area contributed by atoms with E-state index in [1.54, 1.807) is 4.90 Å². The molecule has 5 nitrogen and oxygen atoms in total. The van der Waals surface area contributed by atoms with Crippen LogP contribution in [0, 0.1) is 0 Å². The van der Waals surface area contributed by atoms with Gasteiger partial charge in [-0.05, 0) is 41.7 Å². The maximum Gasteiger partial charge on any atom is 0.262 e. The molecule has 0 aliphatic carbocycles. The molecule has 1 aliphatic heterocycles. The van der Waals surface area contributed by atoms with Crippen LogP contribution in [0.2, 0.25) is 0 Å². The van der Waals surface area contributed by atoms with Gasteiger partial charge in [-0.25, -0.2) is 0 Å². The van der Waals surface area contributed by atoms with E-state index in [0.29, 0.717) is 12.1 Å². The maximum absolute atomic E-state index is 12.3. The van der Waals surface area contributed by atoms with Crippen LogP contribution in [0.15, 0.2) is 48.5 Å². The van der Waals surface area contributed by atoms with Gasteiger partial charge in [-0.15, -0.1) is 0 Å². The molecular weight excluding hydrogens is 340 g/mol. The number of hydrogen-bond donors (Lipinski definition) is 1. The number of rotatable bonds is 5. The molecule has 1 aliphatic rings. The standard InChI is InChI=1S/C22H26N2O3/c1-22(2,3)18-10-4-5-11-19(18)27-15-20(25)23-16-8-6-9-17(14-16)24-13-7-12-21(24)26/h4-6,8-11,14H,7,12-13,15H2,1-3H3,(H,23,25). The first-order valence-corrected chi connectivity index (χ1v) is 9.27. The van der Waals surface area contributed by atoms with Gasteiger partial charge in [0.1, 0.15) is 5.75 Å². The molecule has 0 bridgehead atoms. The van der Waals surface area contributed by atoms with Gasteiger partial charge in [0, 0.05) is 24.3 Å². The summed E-state index contributed by atoms with van der Waals surface area (Å²) < 4.78 is 5.77. The summed E-state index contributed by atoms with van der Waals surface area (Å²) in [5, 5.41) is 2.85. The van der Waals surface area contributed by atoms with E-state index in [2.05, 4.69) is 26.1 Å². The Morgan fingerprint density at radius 3 is 2.63 bits per heavy atom. The van der Waals surface area contributed by atoms with E-state index in [9.17, 15) is 9.59 Å². The smallest absolute Gasteiger partial charge is 0.262 e. The van der Waals surface area contributed by atoms with Gasteiger partial charge in [0.05, 0.1) is 0 Å². The van der Waals surface area contributed by atoms with Crippen LogP contribution in [-0.2, 0) is 15.0 Å². The Balaban J connectivity index is 1.63. The van der Waals surface area contributed by atoms with E-state index in [1.807, 2.05) is 48.5 Å². The van der Waals surface area contributed by atoms with Gasteiger partial charge in [0.15, 0.2) is 6.61 Å². The number of ether oxygens (including phenoxy) is 1. The van der Waals surface area contributed by atoms with E-state index in [-0.39, 0.29) is 23.8 Å². The summed E-state index contributed by atoms with van der Waals surface area (Å²) in [4.78, 5) is 26.0. The van der Waals surface area contributed by atoms with Crippen LogP contribution < -0.4 is 15.0 Å². The molecule has 142 valence electrons. The number of carbonyl (C=O) groups excluding carboxylic acids is 2. The van der Waals surface area contributed by atoms with Crippen molar-refractivity contribution >= 4 is 23.2 Å². The number of carbonyl (C=O) groups is 2. The molecule has 0 radical (unpaired) electrons. The van der Waals surface area contributed by atoms with Crippen molar-refractivity contribution in [2.45, 2.75) is 39.0 Å². The fourth-order valence-corrected chi connectivity index (χ4v) is 3.23. The summed E-state index contributed by atoms with van der Waals surface area (Å²) in [6, 6.07) is 15.1. The highest BCUT2D eigenvalue weighted by Gasteiger charge is 2.22. The molecule has 1 fully saturated rings. The lowest BCUT2D eigenvalue weighted by Gasteiger charge is -2.22. The molecule has 1 N–H and O–H groups in total. The summed E-state index contributed by atoms with van der Waals surface area (Å²) in [6.45, 7) is 6.99. The number of benzene rings is 2. The SMILES string of the molecule is CC(C)(C)c1ccccc1OCC(=O)Nc1cccc(N2CCCC2=O)c1. The minimum absolute atomic E-state index is 0.0658. The Kier molecular flexibility index (Phi) is 5.49. The number of amides is 2. The Labute approximate surface area is 160 Å². The second kappa shape index (κ2) is 7.82. The second-order valence-electron chi connectivity index (χ2n) is 7.78. The molecule has 1 saturated heterocycles. The summed E-state index contributed by atoms with van der Waals surface area (Å²) in [6.07, 6.45) is 1.45. The molecule has 27 heavy (non-hydrogen) atoms. The fourth-order valence-electron chi connectivity index (χ4n) is 3.23. The van der Waals surface area contributed by atoms with Crippen LogP contribution in [0.1, 0.15) is 39.2 Å². The van der Waals surface area contributed by atoms with Gasteiger partial charge in [-0.1, -0.05) is 45.0 Å². The average molecular weight is 366 g/mol. The molecule has 3 rings (SSSR count). The lowest BCUT2D eigenvalue weighted by Crippen LogP contribution is -2.24. The Hall–Kier alpha value is -2.82. The van der Waals surface area contributed by atoms with Crippen molar-refractivity contribution in [3.05, 3.63) is 54.1 Å². The number of anilines is 2. The summed E-state index contributed by atoms with van der Waals surface area (Å²) >= 11 is 0. The third-order valence-corrected chi connectivity index (χ3v) is 4.57. The van der Waals surface area contributed by atoms with Crippen molar-refractivity contribution in [3.63, 3.8) is 0 Å². The molecule has 1 heterocycles. The minimum Gasteiger partial charge on any atom is -0.483 e. The fraction of sp³-hybridized carbons (Fsp3) is 0.364. The van der Waals surface area contributed by atoms with Gasteiger partial charge in [-0.2, -0.15) is 0 Å². The van der Waals surface area contributed by atoms with Gasteiger partial charge >= 0.3 is 0 Å². The normalized spacial score (nSPS) is 14.3. The molecule has 0 spiro atoms. The molecule has 0 unspecified atom stereocenters. The van der Waals surface area contributed by atoms with E-state index >= 15 is 0 Å². The first-order chi connectivity index (χ1) is 12.8. The van der Waals surface area contributed by atoms with Crippen LogP contribution in [0.3, 0.4) is 0 Å². The third kappa shape index (κ3) is 4.67. The first-order valence-electron chi connectivity index (χ1n) is 9.27. The van der Waals surface area contributed by atoms with Gasteiger partial charge in [0.2, 0.25) is 5.91 Å². The minimum atomic E-state index is -0.233. The largest absolute Gasteiger partial charge is 0.483 e. The molecule has 2 amide bonds. The maximum atomic E-state index is 12.3. The summed E-state index contributed by atoms with van der Waals surface area (Å²) in [5.74, 6) is 0.612. The quantitative estimate of drug-likeness (QED) is 0.866. The van der Waals surface area contributed by atoms with Crippen molar-refractivity contribution in [2.24, 2.45) is 0 Å². The van der Waals surface area contributed by atoms with Crippen LogP contribution in [-0.4, -0.2) is 25.0 Å². The average Bonchev–Trinajstić information content (AvgIpc) is 3.06. The molecule has 0 saturated carbocycles. The van der Waals surface area contributed by atoms with Gasteiger partial charge in [0.25, 0.3) is 5.91 Å². The highest BCUT2D eigenvalue weighted by atomic mass is 16.5. The van der Waals surface area contributed by atoms with Crippen LogP contribution in [0.4, 0.5) is 11.4 Å². The topological polar surface area (TPSA) is 58.6 Å². The molecule has 2 aromatic rings. The molecule has 0 aromatic heterocycles. The van der Waals surface area contributed by atoms with Crippen molar-refractivity contribution < 1.29 is 14.3 Å². The predicted octanol–water partition coefficient (Wildman–Crippen LogP) is 4.13. The monoisotopic (exact) mass is 366 g/mol. The molecule has 2 aromatic carbocycles. The van der Waals surface area contributed by atoms with Crippen molar-refractivity contribution in [3.8, 4) is 5.75 Å². The number of nitrogens with one attached hydrogen (secondary N) is 1. The van der Waals surface area contributed by atoms with E-state index in [1.165, 1.54) is 0 Å². The number of para-hydroxylation sites is 1. The van der Waals surface area contributed by atoms with Crippen LogP contribution in [0.5, 0.6) is 5.75 Å². The zero-order valence-corrected chi connectivity index (χ0v) is 16.1. The van der Waals surface area contributed by atoms with Crippen molar-refractivity contribution in [1.82, 2.24) is 0 Å². The zero-order chi connectivity index (χ0) is 19.4. The number of hydrogen-bond acceptors (Lipinski definition) is 3. The Morgan fingerprint density at radius 2 is 1.93 bits per heavy atom. The van der Waals surface area contributed by atoms with Crippen LogP contribution in [0.25, 0.3) is 0 Å². The number of nitrogens with zero attached hydrogens (tertiary/aromatic N) is 1. The summed E-state index contributed by atoms with van der Waals surface area (Å²) in [7, 11) is 0. The van der Waals surface area contributed by atoms with E-state index in [0.717, 1.165) is 30.0 Å². The lowest BCUT2D eigenvalue weighted by atomic mass is 9.86. The van der Waals surface area contributed by atoms with Crippen molar-refractivity contribution in [2.75, 3.05) is 23.4 Å². The summed E-state index contributed by atoms with van der Waals surface area (Å²) in [5.41, 5.74) is 2.47. The molecule has 5 heteroatoms. The van der Waals surface area contributed by atoms with Gasteiger partial charge in [-0.3, -0.25) is 9.59 Å². The molecular formula is C22H26N2O3. The predicted molar refractivity (Wildman–Crippen MR) is 107 cm³/mol. The highest BCUT2D eigenvalue weighted by molar-refractivity contribution is 5.97. The highest BCUT2D eigenvalue weighted by Crippen LogP contribution is 2.31. The third-order valence-electron chi connectivity index (χ3n) is 4.57. The van der Waals surface area contributed by atoms with Gasteiger partial charge < -0.3 is 15.0 Å². The Morgan fingerprint density at radius 1 is 1.15 bits per heavy atom.